The largest absolute Gasteiger partial charge is 0.286 e. The maximum absolute atomic E-state index is 4.60. The van der Waals surface area contributed by atoms with Gasteiger partial charge in [0.25, 0.3) is 0 Å². The van der Waals surface area contributed by atoms with E-state index in [4.69, 9.17) is 0 Å². The molecule has 1 unspecified atom stereocenters. The van der Waals surface area contributed by atoms with Gasteiger partial charge in [-0.2, -0.15) is 0 Å². The topological polar surface area (TPSA) is 12.4 Å². The van der Waals surface area contributed by atoms with Crippen LogP contribution >= 0.6 is 0 Å². The van der Waals surface area contributed by atoms with Crippen molar-refractivity contribution in [3.63, 3.8) is 0 Å². The van der Waals surface area contributed by atoms with Crippen molar-refractivity contribution in [2.45, 2.75) is 46.1 Å². The first-order chi connectivity index (χ1) is 5.24. The van der Waals surface area contributed by atoms with Gasteiger partial charge in [-0.1, -0.05) is 19.4 Å². The number of allylic oxidation sites excluding steroid dienone is 1. The number of hydrogen-bond donors (Lipinski definition) is 0. The third-order valence-corrected chi connectivity index (χ3v) is 2.26. The van der Waals surface area contributed by atoms with Gasteiger partial charge in [0.15, 0.2) is 0 Å². The van der Waals surface area contributed by atoms with Gasteiger partial charge in [0.1, 0.15) is 0 Å². The zero-order chi connectivity index (χ0) is 8.27. The van der Waals surface area contributed by atoms with Gasteiger partial charge in [0.2, 0.25) is 0 Å². The quantitative estimate of drug-likeness (QED) is 0.575. The second kappa shape index (κ2) is 3.70. The van der Waals surface area contributed by atoms with Gasteiger partial charge in [0.05, 0.1) is 6.04 Å². The smallest absolute Gasteiger partial charge is 0.0537 e. The van der Waals surface area contributed by atoms with E-state index in [-0.39, 0.29) is 0 Å². The Hall–Kier alpha value is -0.590. The molecule has 1 heteroatoms. The molecular weight excluding hydrogens is 134 g/mol. The Kier molecular flexibility index (Phi) is 2.86. The fraction of sp³-hybridized carbons (Fsp3) is 0.700. The Morgan fingerprint density at radius 3 is 2.82 bits per heavy atom. The maximum atomic E-state index is 4.60. The first-order valence-corrected chi connectivity index (χ1v) is 4.45. The van der Waals surface area contributed by atoms with Gasteiger partial charge in [0, 0.05) is 5.71 Å². The molecule has 62 valence electrons. The summed E-state index contributed by atoms with van der Waals surface area (Å²) in [7, 11) is 0. The van der Waals surface area contributed by atoms with Gasteiger partial charge < -0.3 is 0 Å². The second-order valence-corrected chi connectivity index (χ2v) is 3.28. The average molecular weight is 151 g/mol. The maximum Gasteiger partial charge on any atom is 0.0537 e. The molecule has 0 aromatic rings. The van der Waals surface area contributed by atoms with E-state index < -0.39 is 0 Å². The van der Waals surface area contributed by atoms with Crippen LogP contribution in [-0.4, -0.2) is 11.8 Å². The first kappa shape index (κ1) is 8.51. The van der Waals surface area contributed by atoms with Gasteiger partial charge in [-0.25, -0.2) is 0 Å². The molecule has 11 heavy (non-hydrogen) atoms. The van der Waals surface area contributed by atoms with Crippen LogP contribution in [0.3, 0.4) is 0 Å². The molecule has 0 bridgehead atoms. The summed E-state index contributed by atoms with van der Waals surface area (Å²) in [6, 6.07) is 0.573. The number of nitrogens with zero attached hydrogens (tertiary/aromatic N) is 1. The van der Waals surface area contributed by atoms with Crippen LogP contribution in [-0.2, 0) is 0 Å². The second-order valence-electron chi connectivity index (χ2n) is 3.28. The van der Waals surface area contributed by atoms with Crippen LogP contribution in [0.5, 0.6) is 0 Å². The van der Waals surface area contributed by atoms with Crippen LogP contribution in [0, 0.1) is 0 Å². The Morgan fingerprint density at radius 1 is 1.55 bits per heavy atom. The van der Waals surface area contributed by atoms with Crippen molar-refractivity contribution in [1.82, 2.24) is 0 Å². The highest BCUT2D eigenvalue weighted by molar-refractivity contribution is 5.98. The Bertz CT molecular complexity index is 189. The summed E-state index contributed by atoms with van der Waals surface area (Å²) in [5.74, 6) is 0. The van der Waals surface area contributed by atoms with Crippen molar-refractivity contribution in [1.29, 1.82) is 0 Å². The lowest BCUT2D eigenvalue weighted by Gasteiger charge is -2.16. The molecule has 0 spiro atoms. The van der Waals surface area contributed by atoms with Crippen molar-refractivity contribution < 1.29 is 0 Å². The molecule has 1 heterocycles. The average Bonchev–Trinajstić information content (AvgIpc) is 1.98. The summed E-state index contributed by atoms with van der Waals surface area (Å²) < 4.78 is 0. The molecule has 1 nitrogen and oxygen atoms in total. The molecule has 1 rings (SSSR count). The fourth-order valence-corrected chi connectivity index (χ4v) is 1.40. The monoisotopic (exact) mass is 151 g/mol. The lowest BCUT2D eigenvalue weighted by atomic mass is 10.0. The number of aliphatic imine (C=N–C) groups is 1. The van der Waals surface area contributed by atoms with Crippen molar-refractivity contribution in [3.05, 3.63) is 11.6 Å². The van der Waals surface area contributed by atoms with Gasteiger partial charge in [-0.15, -0.1) is 0 Å². The van der Waals surface area contributed by atoms with Crippen molar-refractivity contribution >= 4 is 5.71 Å². The summed E-state index contributed by atoms with van der Waals surface area (Å²) in [6.07, 6.45) is 5.94. The van der Waals surface area contributed by atoms with E-state index in [2.05, 4.69) is 31.8 Å². The fourth-order valence-electron chi connectivity index (χ4n) is 1.40. The molecule has 0 aromatic heterocycles. The summed E-state index contributed by atoms with van der Waals surface area (Å²) in [5, 5.41) is 0. The minimum Gasteiger partial charge on any atom is -0.286 e. The van der Waals surface area contributed by atoms with E-state index in [1.54, 1.807) is 0 Å². The summed E-state index contributed by atoms with van der Waals surface area (Å²) >= 11 is 0. The predicted octanol–water partition coefficient (Wildman–Crippen LogP) is 2.97. The minimum absolute atomic E-state index is 0.573. The van der Waals surface area contributed by atoms with E-state index in [9.17, 15) is 0 Å². The van der Waals surface area contributed by atoms with E-state index in [0.717, 1.165) is 6.42 Å². The zero-order valence-electron chi connectivity index (χ0n) is 7.72. The number of dihydropyridines is 1. The standard InChI is InChI=1S/C10H17N/c1-4-5-10-7-6-8(2)9(3)11-10/h6,10H,4-5,7H2,1-3H3. The first-order valence-electron chi connectivity index (χ1n) is 4.45. The summed E-state index contributed by atoms with van der Waals surface area (Å²) in [4.78, 5) is 4.60. The lowest BCUT2D eigenvalue weighted by Crippen LogP contribution is -2.12. The molecule has 0 amide bonds. The highest BCUT2D eigenvalue weighted by atomic mass is 14.8. The Labute approximate surface area is 69.2 Å². The van der Waals surface area contributed by atoms with Crippen LogP contribution in [0.25, 0.3) is 0 Å². The van der Waals surface area contributed by atoms with E-state index in [1.807, 2.05) is 0 Å². The van der Waals surface area contributed by atoms with Crippen LogP contribution in [0.4, 0.5) is 0 Å². The predicted molar refractivity (Wildman–Crippen MR) is 50.2 cm³/mol. The van der Waals surface area contributed by atoms with Crippen LogP contribution in [0.1, 0.15) is 40.0 Å². The van der Waals surface area contributed by atoms with Gasteiger partial charge >= 0.3 is 0 Å². The zero-order valence-corrected chi connectivity index (χ0v) is 7.72. The third kappa shape index (κ3) is 2.18. The molecule has 1 aliphatic rings. The molecule has 0 N–H and O–H groups in total. The molecule has 0 aromatic carbocycles. The molecule has 0 radical (unpaired) electrons. The van der Waals surface area contributed by atoms with Crippen molar-refractivity contribution in [2.75, 3.05) is 0 Å². The summed E-state index contributed by atoms with van der Waals surface area (Å²) in [6.45, 7) is 6.46. The van der Waals surface area contributed by atoms with Gasteiger partial charge in [-0.05, 0) is 32.3 Å². The SMILES string of the molecule is CCCC1CC=C(C)C(C)=N1. The molecule has 0 fully saturated rings. The molecule has 1 aliphatic heterocycles. The molecule has 0 saturated heterocycles. The molecule has 0 saturated carbocycles. The lowest BCUT2D eigenvalue weighted by molar-refractivity contribution is 0.606. The molecule has 0 aliphatic carbocycles. The van der Waals surface area contributed by atoms with Gasteiger partial charge in [-0.3, -0.25) is 4.99 Å². The highest BCUT2D eigenvalue weighted by Gasteiger charge is 2.09. The minimum atomic E-state index is 0.573. The van der Waals surface area contributed by atoms with E-state index in [1.165, 1.54) is 24.1 Å². The molecule has 1 atom stereocenters. The third-order valence-electron chi connectivity index (χ3n) is 2.26. The van der Waals surface area contributed by atoms with Crippen molar-refractivity contribution in [3.8, 4) is 0 Å². The Morgan fingerprint density at radius 2 is 2.27 bits per heavy atom. The number of hydrogen-bond acceptors (Lipinski definition) is 1. The van der Waals surface area contributed by atoms with Crippen LogP contribution < -0.4 is 0 Å². The van der Waals surface area contributed by atoms with E-state index >= 15 is 0 Å². The highest BCUT2D eigenvalue weighted by Crippen LogP contribution is 2.16. The van der Waals surface area contributed by atoms with E-state index in [0.29, 0.717) is 6.04 Å². The summed E-state index contributed by atoms with van der Waals surface area (Å²) in [5.41, 5.74) is 2.59. The Balaban J connectivity index is 2.54. The normalized spacial score (nSPS) is 24.5. The van der Waals surface area contributed by atoms with Crippen LogP contribution in [0.2, 0.25) is 0 Å². The van der Waals surface area contributed by atoms with Crippen LogP contribution in [0.15, 0.2) is 16.6 Å². The van der Waals surface area contributed by atoms with Crippen molar-refractivity contribution in [2.24, 2.45) is 4.99 Å². The molecular formula is C10H17N. The number of rotatable bonds is 2.